The molecule has 7 aliphatic rings. The first-order valence-corrected chi connectivity index (χ1v) is 39.0. The highest BCUT2D eigenvalue weighted by molar-refractivity contribution is 9.14. The van der Waals surface area contributed by atoms with Crippen LogP contribution >= 0.6 is 162 Å². The van der Waals surface area contributed by atoms with Crippen LogP contribution in [-0.2, 0) is 23.7 Å². The molecule has 2 fully saturated rings. The molecule has 43 heteroatoms. The largest absolute Gasteiger partial charge is 0.369 e. The number of hydrogen-bond donors (Lipinski definition) is 18. The van der Waals surface area contributed by atoms with Crippen molar-refractivity contribution in [3.63, 3.8) is 0 Å². The highest BCUT2D eigenvalue weighted by Crippen LogP contribution is 2.41. The molecule has 22 N–H and O–H groups in total. The second-order valence-electron chi connectivity index (χ2n) is 22.7. The van der Waals surface area contributed by atoms with Crippen molar-refractivity contribution in [2.24, 2.45) is 16.5 Å². The maximum atomic E-state index is 12.0. The smallest absolute Gasteiger partial charge is 0.277 e. The highest BCUT2D eigenvalue weighted by atomic mass is 79.9. The number of imidazole rings is 2. The van der Waals surface area contributed by atoms with E-state index in [-0.39, 0.29) is 77.2 Å². The summed E-state index contributed by atoms with van der Waals surface area (Å²) in [6.45, 7) is 6.18. The number of aliphatic imine (C=N–C) groups is 1. The number of fused-ring (bicyclic) bond motifs is 4. The van der Waals surface area contributed by atoms with Crippen molar-refractivity contribution in [3.8, 4) is 0 Å². The Labute approximate surface area is 679 Å². The topological polar surface area (TPSA) is 497 Å². The van der Waals surface area contributed by atoms with Gasteiger partial charge in [-0.1, -0.05) is 47.0 Å². The van der Waals surface area contributed by atoms with Gasteiger partial charge in [-0.15, -0.1) is 0 Å². The van der Waals surface area contributed by atoms with Crippen molar-refractivity contribution in [3.05, 3.63) is 165 Å². The number of nitrogens with zero attached hydrogens (tertiary/aromatic N) is 3. The van der Waals surface area contributed by atoms with Crippen LogP contribution in [0.1, 0.15) is 141 Å². The van der Waals surface area contributed by atoms with Crippen LogP contribution in [0.5, 0.6) is 0 Å². The van der Waals surface area contributed by atoms with E-state index in [9.17, 15) is 33.6 Å². The third-order valence-corrected chi connectivity index (χ3v) is 23.7. The molecule has 0 bridgehead atoms. The first kappa shape index (κ1) is 82.7. The number of nitrogens with two attached hydrogens (primary N) is 4. The molecule has 0 radical (unpaired) electrons. The Kier molecular flexibility index (Phi) is 30.4. The van der Waals surface area contributed by atoms with Gasteiger partial charge in [0.25, 0.3) is 39.2 Å². The van der Waals surface area contributed by atoms with Gasteiger partial charge in [0.15, 0.2) is 24.5 Å². The third-order valence-electron chi connectivity index (χ3n) is 15.7. The number of alkyl halides is 3. The van der Waals surface area contributed by atoms with Crippen molar-refractivity contribution < 1.29 is 52.5 Å². The summed E-state index contributed by atoms with van der Waals surface area (Å²) in [5.74, 6) is -0.448. The number of halogens is 11. The van der Waals surface area contributed by atoms with Crippen LogP contribution in [0.25, 0.3) is 11.6 Å². The average Bonchev–Trinajstić information content (AvgIpc) is 1.61. The quantitative estimate of drug-likeness (QED) is 0.0363. The second-order valence-corrected chi connectivity index (χ2v) is 31.4. The Hall–Kier alpha value is -6.35. The summed E-state index contributed by atoms with van der Waals surface area (Å²) >= 11 is 42.8. The molecule has 0 aliphatic carbocycles. The number of rotatable bonds is 9. The van der Waals surface area contributed by atoms with Gasteiger partial charge in [-0.05, 0) is 189 Å². The molecule has 2 unspecified atom stereocenters. The van der Waals surface area contributed by atoms with Gasteiger partial charge in [-0.3, -0.25) is 38.9 Å². The molecule has 105 heavy (non-hydrogen) atoms. The minimum atomic E-state index is -1.93. The summed E-state index contributed by atoms with van der Waals surface area (Å²) in [5.41, 5.74) is 31.3. The monoisotopic (exact) mass is 2020 g/mol. The van der Waals surface area contributed by atoms with Crippen LogP contribution in [0, 0.1) is 0 Å². The number of carbonyl (C=O) groups excluding carboxylic acids is 7. The summed E-state index contributed by atoms with van der Waals surface area (Å²) in [6, 6.07) is 6.96. The lowest BCUT2D eigenvalue weighted by atomic mass is 9.94. The SMILES string of the molecule is NC1=N/C(=C2/CCNC(=O)c3[nH]ccc32)C(=O)N1.NCCC1OCCO1.Nc1ncc(C2CCNC(=O)c3[nH]c(Br)c(Br)c32)[nH]1.Nc1ncc(C2CCNC(=O)c3[nH]ccc32)[nH]1.O=C(NCCC1OCCO1)c1cc(Br)c(Br)[nH]1.O=C(c1cc(Br)c(Br)[nH]1)C(Cl)(Cl)Cl.O=C1NCC=Cc2c1[nH]c(Br)c2Br. The molecule has 2 saturated heterocycles. The van der Waals surface area contributed by atoms with Crippen LogP contribution in [0.15, 0.2) is 102 Å². The molecule has 0 aromatic carbocycles. The maximum absolute atomic E-state index is 12.0. The standard InChI is InChI=1S/C11H11Br2N5O.C11H11N5O2.C11H13N5O.C10H12Br2N2O3.C8H6Br2N2O.C6H2Br2Cl3NO.C5H11NO2/c12-7-6-4(5-3-16-11(14)17-5)1-2-15-10(19)8(6)18-9(7)13;12-11-15-8(10(18)16-11)6-2-4-14-9(17)7-5(6)1-3-13-7;12-11-15-5-8(16-11)6-1-4-14-10(17)9-7(6)2-3-13-9;11-6-5-7(14-9(6)12)10(15)13-2-1-8-16-3-4-17-8;9-5-4-2-1-3-11-8(13)6(4)12-7(5)10;7-2-1-3(12-5(2)8)4(13)6(9,10)11;6-2-1-5-7-3-4-8-5/h3-4,18H,1-2H2,(H,15,19)(H3,14,16,17);1,3,13H,2,4H2,(H,14,17)(H3,12,15,16,18);2-3,5-6,13H,1,4H2,(H,14,17)(H3,12,15,16);5,8,14H,1-4H2,(H,13,15);1-2,12H,3H2,(H,11,13);1,12H;5H,1-4,6H2/b;8-6-;;;;;. The van der Waals surface area contributed by atoms with Crippen LogP contribution in [0.3, 0.4) is 0 Å². The Bertz CT molecular complexity index is 4500. The molecule has 0 spiro atoms. The number of carbonyl (C=O) groups is 7. The zero-order valence-electron chi connectivity index (χ0n) is 54.5. The summed E-state index contributed by atoms with van der Waals surface area (Å²) in [6.07, 6.45) is 14.1. The molecular weight excluding hydrogens is 1960 g/mol. The predicted molar refractivity (Wildman–Crippen MR) is 422 cm³/mol. The van der Waals surface area contributed by atoms with Gasteiger partial charge in [0.1, 0.15) is 34.2 Å². The van der Waals surface area contributed by atoms with E-state index in [2.05, 4.69) is 214 Å². The molecule has 6 amide bonds. The number of nitrogen functional groups attached to an aromatic ring is 2. The fourth-order valence-electron chi connectivity index (χ4n) is 10.9. The first-order valence-electron chi connectivity index (χ1n) is 31.5. The number of amides is 6. The normalized spacial score (nSPS) is 18.2. The molecule has 562 valence electrons. The average molecular weight is 2030 g/mol. The lowest BCUT2D eigenvalue weighted by Crippen LogP contribution is -2.30. The van der Waals surface area contributed by atoms with Gasteiger partial charge in [-0.25, -0.2) is 15.0 Å². The lowest BCUT2D eigenvalue weighted by Gasteiger charge is -2.13. The minimum Gasteiger partial charge on any atom is -0.369 e. The third kappa shape index (κ3) is 22.0. The van der Waals surface area contributed by atoms with E-state index in [4.69, 9.17) is 76.7 Å². The molecule has 15 rings (SSSR count). The molecule has 8 aromatic heterocycles. The number of H-pyrrole nitrogens is 8. The zero-order chi connectivity index (χ0) is 75.8. The molecule has 7 aliphatic heterocycles. The fraction of sp³-hybridized carbons (Fsp3) is 0.323. The van der Waals surface area contributed by atoms with Crippen LogP contribution in [0.2, 0.25) is 0 Å². The van der Waals surface area contributed by atoms with Crippen LogP contribution in [0.4, 0.5) is 11.9 Å². The molecule has 15 heterocycles. The Morgan fingerprint density at radius 1 is 0.600 bits per heavy atom. The van der Waals surface area contributed by atoms with E-state index in [0.717, 1.165) is 93.4 Å². The van der Waals surface area contributed by atoms with Gasteiger partial charge in [-0.2, -0.15) is 0 Å². The molecule has 8 aromatic rings. The number of ketones is 1. The molecule has 2 atom stereocenters. The number of hydrogen-bond acceptors (Lipinski definition) is 18. The van der Waals surface area contributed by atoms with Crippen molar-refractivity contribution in [2.75, 3.05) is 77.2 Å². The Morgan fingerprint density at radius 3 is 1.70 bits per heavy atom. The zero-order valence-corrected chi connectivity index (χ0v) is 69.4. The molecule has 32 nitrogen and oxygen atoms in total. The van der Waals surface area contributed by atoms with Gasteiger partial charge in [0.05, 0.1) is 80.8 Å². The number of Topliss-reactive ketones (excluding diaryl/α,β-unsaturated/α-hetero) is 1. The van der Waals surface area contributed by atoms with Gasteiger partial charge in [0, 0.05) is 97.9 Å². The van der Waals surface area contributed by atoms with Crippen LogP contribution in [-0.4, -0.2) is 179 Å². The summed E-state index contributed by atoms with van der Waals surface area (Å²) in [4.78, 5) is 117. The number of guanidine groups is 1. The van der Waals surface area contributed by atoms with E-state index >= 15 is 0 Å². The fourth-order valence-corrected chi connectivity index (χ4v) is 14.4. The van der Waals surface area contributed by atoms with Gasteiger partial charge in [0.2, 0.25) is 11.7 Å². The lowest BCUT2D eigenvalue weighted by molar-refractivity contribution is -0.115. The van der Waals surface area contributed by atoms with Crippen LogP contribution < -0.4 is 54.8 Å². The molecule has 0 saturated carbocycles. The maximum Gasteiger partial charge on any atom is 0.277 e. The number of anilines is 2. The van der Waals surface area contributed by atoms with E-state index in [0.29, 0.717) is 120 Å². The van der Waals surface area contributed by atoms with Gasteiger partial charge >= 0.3 is 0 Å². The summed E-state index contributed by atoms with van der Waals surface area (Å²) in [5, 5.41) is 16.4. The summed E-state index contributed by atoms with van der Waals surface area (Å²) in [7, 11) is 0. The first-order chi connectivity index (χ1) is 50.1. The predicted octanol–water partition coefficient (Wildman–Crippen LogP) is 10.1. The Morgan fingerprint density at radius 2 is 1.13 bits per heavy atom. The Balaban J connectivity index is 0.000000144. The highest BCUT2D eigenvalue weighted by Gasteiger charge is 2.35. The van der Waals surface area contributed by atoms with Crippen molar-refractivity contribution in [1.29, 1.82) is 0 Å². The second kappa shape index (κ2) is 38.6. The number of aromatic amines is 8. The molecular formula is C62H66Br8Cl3N21O11. The van der Waals surface area contributed by atoms with E-state index in [1.165, 1.54) is 6.07 Å². The number of nitrogens with one attached hydrogen (secondary N) is 14. The van der Waals surface area contributed by atoms with E-state index < -0.39 is 9.58 Å². The van der Waals surface area contributed by atoms with Crippen molar-refractivity contribution >= 4 is 233 Å². The van der Waals surface area contributed by atoms with E-state index in [1.807, 2.05) is 18.2 Å². The summed E-state index contributed by atoms with van der Waals surface area (Å²) < 4.78 is 25.0. The number of ether oxygens (including phenoxy) is 4. The van der Waals surface area contributed by atoms with Gasteiger partial charge < -0.3 is 108 Å². The number of aromatic nitrogens is 10. The van der Waals surface area contributed by atoms with Crippen molar-refractivity contribution in [2.45, 2.75) is 60.3 Å². The van der Waals surface area contributed by atoms with E-state index in [1.54, 1.807) is 36.9 Å². The van der Waals surface area contributed by atoms with Crippen molar-refractivity contribution in [1.82, 2.24) is 81.7 Å². The minimum absolute atomic E-state index is 0.0139.